The van der Waals surface area contributed by atoms with Crippen molar-refractivity contribution in [2.45, 2.75) is 39.0 Å². The Morgan fingerprint density at radius 1 is 1.16 bits per heavy atom. The number of aliphatic hydroxyl groups excluding tert-OH is 1. The maximum atomic E-state index is 12.6. The monoisotopic (exact) mass is 355 g/mol. The minimum Gasteiger partial charge on any atom is -0.491 e. The zero-order valence-corrected chi connectivity index (χ0v) is 14.0. The molecule has 0 amide bonds. The third-order valence-electron chi connectivity index (χ3n) is 3.29. The van der Waals surface area contributed by atoms with Gasteiger partial charge in [-0.15, -0.1) is 0 Å². The number of alkyl halides is 3. The molecule has 1 aromatic carbocycles. The van der Waals surface area contributed by atoms with Crippen LogP contribution in [0.4, 0.5) is 13.2 Å². The van der Waals surface area contributed by atoms with Crippen molar-refractivity contribution in [2.75, 3.05) is 6.61 Å². The van der Waals surface area contributed by atoms with Gasteiger partial charge in [-0.25, -0.2) is 4.98 Å². The van der Waals surface area contributed by atoms with Gasteiger partial charge in [0.05, 0.1) is 11.7 Å². The van der Waals surface area contributed by atoms with Crippen LogP contribution >= 0.6 is 0 Å². The highest BCUT2D eigenvalue weighted by Crippen LogP contribution is 2.32. The Morgan fingerprint density at radius 2 is 1.92 bits per heavy atom. The molecule has 25 heavy (non-hydrogen) atoms. The molecule has 0 bridgehead atoms. The van der Waals surface area contributed by atoms with Gasteiger partial charge in [0.25, 0.3) is 0 Å². The van der Waals surface area contributed by atoms with E-state index in [1.165, 1.54) is 6.07 Å². The van der Waals surface area contributed by atoms with Crippen LogP contribution in [0.3, 0.4) is 0 Å². The SMILES string of the molecule is CC(C)Oc1ccc(CCCO)c(Oc2ccc(C(F)(F)F)cn2)c1. The molecule has 0 aliphatic heterocycles. The molecule has 1 heterocycles. The molecule has 0 fully saturated rings. The first-order valence-corrected chi connectivity index (χ1v) is 7.91. The van der Waals surface area contributed by atoms with Gasteiger partial charge in [0.15, 0.2) is 0 Å². The van der Waals surface area contributed by atoms with Gasteiger partial charge in [0.2, 0.25) is 5.88 Å². The van der Waals surface area contributed by atoms with E-state index in [-0.39, 0.29) is 18.6 Å². The van der Waals surface area contributed by atoms with Crippen LogP contribution in [0.25, 0.3) is 0 Å². The van der Waals surface area contributed by atoms with E-state index in [2.05, 4.69) is 4.98 Å². The second kappa shape index (κ2) is 8.20. The smallest absolute Gasteiger partial charge is 0.417 e. The minimum atomic E-state index is -4.44. The van der Waals surface area contributed by atoms with Gasteiger partial charge >= 0.3 is 6.18 Å². The van der Waals surface area contributed by atoms with Gasteiger partial charge in [-0.1, -0.05) is 6.07 Å². The van der Waals surface area contributed by atoms with E-state index in [1.54, 1.807) is 12.1 Å². The Morgan fingerprint density at radius 3 is 2.48 bits per heavy atom. The van der Waals surface area contributed by atoms with E-state index in [0.717, 1.165) is 17.8 Å². The summed E-state index contributed by atoms with van der Waals surface area (Å²) in [7, 11) is 0. The number of benzene rings is 1. The zero-order valence-electron chi connectivity index (χ0n) is 14.0. The molecule has 0 aliphatic carbocycles. The van der Waals surface area contributed by atoms with Crippen molar-refractivity contribution in [1.82, 2.24) is 4.98 Å². The van der Waals surface area contributed by atoms with Crippen molar-refractivity contribution >= 4 is 0 Å². The van der Waals surface area contributed by atoms with E-state index >= 15 is 0 Å². The molecule has 2 rings (SSSR count). The third-order valence-corrected chi connectivity index (χ3v) is 3.29. The molecule has 136 valence electrons. The fourth-order valence-electron chi connectivity index (χ4n) is 2.17. The molecule has 1 N–H and O–H groups in total. The van der Waals surface area contributed by atoms with Crippen LogP contribution in [-0.4, -0.2) is 22.8 Å². The Bertz CT molecular complexity index is 685. The van der Waals surface area contributed by atoms with Crippen molar-refractivity contribution < 1.29 is 27.8 Å². The highest BCUT2D eigenvalue weighted by molar-refractivity contribution is 5.43. The van der Waals surface area contributed by atoms with Crippen molar-refractivity contribution in [2.24, 2.45) is 0 Å². The summed E-state index contributed by atoms with van der Waals surface area (Å²) >= 11 is 0. The summed E-state index contributed by atoms with van der Waals surface area (Å²) in [6, 6.07) is 7.37. The molecule has 0 spiro atoms. The summed E-state index contributed by atoms with van der Waals surface area (Å²) in [6.45, 7) is 3.80. The molecule has 4 nitrogen and oxygen atoms in total. The van der Waals surface area contributed by atoms with Crippen LogP contribution < -0.4 is 9.47 Å². The Labute approximate surface area is 144 Å². The maximum absolute atomic E-state index is 12.6. The van der Waals surface area contributed by atoms with E-state index in [0.29, 0.717) is 24.3 Å². The Balaban J connectivity index is 2.25. The summed E-state index contributed by atoms with van der Waals surface area (Å²) in [5, 5.41) is 9.00. The molecule has 0 saturated heterocycles. The first-order chi connectivity index (χ1) is 11.8. The van der Waals surface area contributed by atoms with Gasteiger partial charge in [0.1, 0.15) is 11.5 Å². The quantitative estimate of drug-likeness (QED) is 0.788. The molecule has 1 aromatic heterocycles. The molecular formula is C18H20F3NO3. The fraction of sp³-hybridized carbons (Fsp3) is 0.389. The van der Waals surface area contributed by atoms with Gasteiger partial charge in [-0.05, 0) is 44.4 Å². The van der Waals surface area contributed by atoms with Crippen LogP contribution in [0.2, 0.25) is 0 Å². The van der Waals surface area contributed by atoms with Gasteiger partial charge in [0, 0.05) is 24.9 Å². The number of nitrogens with zero attached hydrogens (tertiary/aromatic N) is 1. The molecule has 2 aromatic rings. The molecule has 7 heteroatoms. The Hall–Kier alpha value is -2.28. The predicted octanol–water partition coefficient (Wildman–Crippen LogP) is 4.60. The highest BCUT2D eigenvalue weighted by Gasteiger charge is 2.30. The number of rotatable bonds is 7. The number of hydrogen-bond acceptors (Lipinski definition) is 4. The van der Waals surface area contributed by atoms with Crippen LogP contribution in [0.5, 0.6) is 17.4 Å². The molecular weight excluding hydrogens is 335 g/mol. The van der Waals surface area contributed by atoms with Crippen molar-refractivity contribution in [3.63, 3.8) is 0 Å². The summed E-state index contributed by atoms with van der Waals surface area (Å²) in [5.74, 6) is 1.09. The molecule has 0 unspecified atom stereocenters. The molecule has 0 saturated carbocycles. The standard InChI is InChI=1S/C18H20F3NO3/c1-12(2)24-15-7-5-13(4-3-9-23)16(10-15)25-17-8-6-14(11-22-17)18(19,20)21/h5-8,10-12,23H,3-4,9H2,1-2H3. The zero-order chi connectivity index (χ0) is 18.4. The maximum Gasteiger partial charge on any atom is 0.417 e. The number of halogens is 3. The van der Waals surface area contributed by atoms with Crippen molar-refractivity contribution in [3.05, 3.63) is 47.7 Å². The number of pyridine rings is 1. The minimum absolute atomic E-state index is 0.0275. The van der Waals surface area contributed by atoms with Gasteiger partial charge in [-0.2, -0.15) is 13.2 Å². The average molecular weight is 355 g/mol. The van der Waals surface area contributed by atoms with Crippen molar-refractivity contribution in [3.8, 4) is 17.4 Å². The van der Waals surface area contributed by atoms with E-state index in [9.17, 15) is 13.2 Å². The van der Waals surface area contributed by atoms with Crippen LogP contribution in [-0.2, 0) is 12.6 Å². The number of aromatic nitrogens is 1. The second-order valence-electron chi connectivity index (χ2n) is 5.75. The van der Waals surface area contributed by atoms with Crippen LogP contribution in [0, 0.1) is 0 Å². The lowest BCUT2D eigenvalue weighted by atomic mass is 10.1. The first kappa shape index (κ1) is 19.1. The van der Waals surface area contributed by atoms with E-state index in [1.807, 2.05) is 19.9 Å². The molecule has 0 radical (unpaired) electrons. The average Bonchev–Trinajstić information content (AvgIpc) is 2.53. The summed E-state index contributed by atoms with van der Waals surface area (Å²) in [6.07, 6.45) is -2.63. The normalized spacial score (nSPS) is 11.6. The summed E-state index contributed by atoms with van der Waals surface area (Å²) in [4.78, 5) is 3.72. The second-order valence-corrected chi connectivity index (χ2v) is 5.75. The predicted molar refractivity (Wildman–Crippen MR) is 86.9 cm³/mol. The number of aryl methyl sites for hydroxylation is 1. The van der Waals surface area contributed by atoms with Crippen LogP contribution in [0.15, 0.2) is 36.5 Å². The van der Waals surface area contributed by atoms with Crippen molar-refractivity contribution in [1.29, 1.82) is 0 Å². The molecule has 0 atom stereocenters. The summed E-state index contributed by atoms with van der Waals surface area (Å²) < 4.78 is 49.1. The topological polar surface area (TPSA) is 51.6 Å². The Kier molecular flexibility index (Phi) is 6.25. The summed E-state index contributed by atoms with van der Waals surface area (Å²) in [5.41, 5.74) is -0.0240. The van der Waals surface area contributed by atoms with Crippen LogP contribution in [0.1, 0.15) is 31.4 Å². The third kappa shape index (κ3) is 5.63. The molecule has 0 aliphatic rings. The lowest BCUT2D eigenvalue weighted by Gasteiger charge is -2.15. The fourth-order valence-corrected chi connectivity index (χ4v) is 2.17. The number of hydrogen-bond donors (Lipinski definition) is 1. The number of ether oxygens (including phenoxy) is 2. The largest absolute Gasteiger partial charge is 0.491 e. The lowest BCUT2D eigenvalue weighted by Crippen LogP contribution is -2.06. The van der Waals surface area contributed by atoms with Gasteiger partial charge < -0.3 is 14.6 Å². The lowest BCUT2D eigenvalue weighted by molar-refractivity contribution is -0.137. The van der Waals surface area contributed by atoms with E-state index in [4.69, 9.17) is 14.6 Å². The van der Waals surface area contributed by atoms with E-state index < -0.39 is 11.7 Å². The number of aliphatic hydroxyl groups is 1. The first-order valence-electron chi connectivity index (χ1n) is 7.91. The van der Waals surface area contributed by atoms with Gasteiger partial charge in [-0.3, -0.25) is 0 Å². The highest BCUT2D eigenvalue weighted by atomic mass is 19.4.